The van der Waals surface area contributed by atoms with Crippen molar-refractivity contribution in [2.75, 3.05) is 17.7 Å². The van der Waals surface area contributed by atoms with Gasteiger partial charge in [-0.05, 0) is 23.6 Å². The van der Waals surface area contributed by atoms with Gasteiger partial charge in [0.15, 0.2) is 0 Å². The predicted molar refractivity (Wildman–Crippen MR) is 88.7 cm³/mol. The first-order valence-corrected chi connectivity index (χ1v) is 7.14. The Morgan fingerprint density at radius 3 is 2.50 bits per heavy atom. The lowest BCUT2D eigenvalue weighted by atomic mass is 10.1. The SMILES string of the molecule is CNc1cncc(Nc2ccc(Br)c3ccccc23)c1. The van der Waals surface area contributed by atoms with Crippen LogP contribution in [0.2, 0.25) is 0 Å². The lowest BCUT2D eigenvalue weighted by Crippen LogP contribution is -1.95. The summed E-state index contributed by atoms with van der Waals surface area (Å²) in [4.78, 5) is 4.21. The third kappa shape index (κ3) is 2.47. The van der Waals surface area contributed by atoms with Crippen LogP contribution >= 0.6 is 15.9 Å². The lowest BCUT2D eigenvalue weighted by molar-refractivity contribution is 1.31. The number of rotatable bonds is 3. The smallest absolute Gasteiger partial charge is 0.0591 e. The first kappa shape index (κ1) is 12.9. The number of aromatic nitrogens is 1. The highest BCUT2D eigenvalue weighted by molar-refractivity contribution is 9.10. The van der Waals surface area contributed by atoms with E-state index in [1.807, 2.05) is 31.4 Å². The van der Waals surface area contributed by atoms with Crippen molar-refractivity contribution in [3.8, 4) is 0 Å². The standard InChI is InChI=1S/C16H14BrN3/c1-18-11-8-12(10-19-9-11)20-16-7-6-15(17)13-4-2-3-5-14(13)16/h2-10,18,20H,1H3. The third-order valence-electron chi connectivity index (χ3n) is 3.18. The molecule has 0 unspecified atom stereocenters. The number of hydrogen-bond donors (Lipinski definition) is 2. The second-order valence-electron chi connectivity index (χ2n) is 4.48. The first-order chi connectivity index (χ1) is 9.78. The molecule has 1 heterocycles. The number of halogens is 1. The van der Waals surface area contributed by atoms with Crippen LogP contribution in [-0.2, 0) is 0 Å². The molecule has 0 aliphatic rings. The van der Waals surface area contributed by atoms with Crippen LogP contribution in [0.15, 0.2) is 59.3 Å². The summed E-state index contributed by atoms with van der Waals surface area (Å²) < 4.78 is 1.10. The molecule has 0 bridgehead atoms. The number of fused-ring (bicyclic) bond motifs is 1. The second-order valence-corrected chi connectivity index (χ2v) is 5.33. The summed E-state index contributed by atoms with van der Waals surface area (Å²) in [5, 5.41) is 8.88. The van der Waals surface area contributed by atoms with Crippen molar-refractivity contribution in [2.45, 2.75) is 0 Å². The van der Waals surface area contributed by atoms with Crippen molar-refractivity contribution >= 4 is 43.8 Å². The highest BCUT2D eigenvalue weighted by Gasteiger charge is 2.04. The van der Waals surface area contributed by atoms with Crippen LogP contribution in [0.25, 0.3) is 10.8 Å². The van der Waals surface area contributed by atoms with Crippen LogP contribution < -0.4 is 10.6 Å². The molecule has 0 saturated carbocycles. The molecular formula is C16H14BrN3. The fourth-order valence-corrected chi connectivity index (χ4v) is 2.65. The molecule has 0 aliphatic heterocycles. The molecule has 0 atom stereocenters. The maximum absolute atomic E-state index is 4.21. The summed E-state index contributed by atoms with van der Waals surface area (Å²) in [6.45, 7) is 0. The van der Waals surface area contributed by atoms with Crippen molar-refractivity contribution < 1.29 is 0 Å². The van der Waals surface area contributed by atoms with E-state index >= 15 is 0 Å². The summed E-state index contributed by atoms with van der Waals surface area (Å²) in [5.41, 5.74) is 3.01. The summed E-state index contributed by atoms with van der Waals surface area (Å²) in [7, 11) is 1.88. The molecule has 0 saturated heterocycles. The van der Waals surface area contributed by atoms with Crippen LogP contribution in [0.4, 0.5) is 17.1 Å². The van der Waals surface area contributed by atoms with Gasteiger partial charge in [-0.3, -0.25) is 4.98 Å². The number of anilines is 3. The minimum Gasteiger partial charge on any atom is -0.387 e. The van der Waals surface area contributed by atoms with Gasteiger partial charge in [0.2, 0.25) is 0 Å². The molecule has 4 heteroatoms. The molecule has 0 aliphatic carbocycles. The predicted octanol–water partition coefficient (Wildman–Crippen LogP) is 4.78. The van der Waals surface area contributed by atoms with Crippen molar-refractivity contribution in [1.82, 2.24) is 4.98 Å². The van der Waals surface area contributed by atoms with Gasteiger partial charge < -0.3 is 10.6 Å². The van der Waals surface area contributed by atoms with Crippen LogP contribution in [0.5, 0.6) is 0 Å². The molecular weight excluding hydrogens is 314 g/mol. The minimum absolute atomic E-state index is 0.962. The summed E-state index contributed by atoms with van der Waals surface area (Å²) >= 11 is 3.59. The fraction of sp³-hybridized carbons (Fsp3) is 0.0625. The Kier molecular flexibility index (Phi) is 3.56. The number of benzene rings is 2. The Morgan fingerprint density at radius 1 is 0.950 bits per heavy atom. The Morgan fingerprint density at radius 2 is 1.70 bits per heavy atom. The number of hydrogen-bond acceptors (Lipinski definition) is 3. The van der Waals surface area contributed by atoms with Gasteiger partial charge in [-0.15, -0.1) is 0 Å². The van der Waals surface area contributed by atoms with E-state index in [0.717, 1.165) is 21.5 Å². The van der Waals surface area contributed by atoms with Gasteiger partial charge in [0.1, 0.15) is 0 Å². The average Bonchev–Trinajstić information content (AvgIpc) is 2.51. The average molecular weight is 328 g/mol. The molecule has 0 amide bonds. The minimum atomic E-state index is 0.962. The van der Waals surface area contributed by atoms with E-state index in [0.29, 0.717) is 0 Å². The van der Waals surface area contributed by atoms with E-state index in [4.69, 9.17) is 0 Å². The maximum atomic E-state index is 4.21. The molecule has 2 aromatic carbocycles. The summed E-state index contributed by atoms with van der Waals surface area (Å²) in [5.74, 6) is 0. The van der Waals surface area contributed by atoms with Crippen molar-refractivity contribution in [2.24, 2.45) is 0 Å². The molecule has 3 rings (SSSR count). The molecule has 100 valence electrons. The molecule has 3 nitrogen and oxygen atoms in total. The highest BCUT2D eigenvalue weighted by Crippen LogP contribution is 2.31. The van der Waals surface area contributed by atoms with Crippen LogP contribution in [0.1, 0.15) is 0 Å². The van der Waals surface area contributed by atoms with Crippen molar-refractivity contribution in [1.29, 1.82) is 0 Å². The van der Waals surface area contributed by atoms with E-state index in [2.05, 4.69) is 55.8 Å². The van der Waals surface area contributed by atoms with E-state index in [9.17, 15) is 0 Å². The zero-order chi connectivity index (χ0) is 13.9. The first-order valence-electron chi connectivity index (χ1n) is 6.35. The normalized spacial score (nSPS) is 10.5. The van der Waals surface area contributed by atoms with Crippen LogP contribution in [-0.4, -0.2) is 12.0 Å². The van der Waals surface area contributed by atoms with Gasteiger partial charge in [-0.2, -0.15) is 0 Å². The van der Waals surface area contributed by atoms with E-state index in [1.165, 1.54) is 10.8 Å². The Labute approximate surface area is 126 Å². The lowest BCUT2D eigenvalue weighted by Gasteiger charge is -2.11. The highest BCUT2D eigenvalue weighted by atomic mass is 79.9. The Bertz CT molecular complexity index is 756. The fourth-order valence-electron chi connectivity index (χ4n) is 2.17. The van der Waals surface area contributed by atoms with Gasteiger partial charge in [0.25, 0.3) is 0 Å². The summed E-state index contributed by atoms with van der Waals surface area (Å²) in [6.07, 6.45) is 3.61. The maximum Gasteiger partial charge on any atom is 0.0591 e. The van der Waals surface area contributed by atoms with Gasteiger partial charge in [0, 0.05) is 22.6 Å². The number of nitrogens with zero attached hydrogens (tertiary/aromatic N) is 1. The van der Waals surface area contributed by atoms with Crippen molar-refractivity contribution in [3.05, 3.63) is 59.3 Å². The molecule has 3 aromatic rings. The van der Waals surface area contributed by atoms with Crippen LogP contribution in [0, 0.1) is 0 Å². The largest absolute Gasteiger partial charge is 0.387 e. The van der Waals surface area contributed by atoms with E-state index in [1.54, 1.807) is 6.20 Å². The van der Waals surface area contributed by atoms with E-state index in [-0.39, 0.29) is 0 Å². The molecule has 20 heavy (non-hydrogen) atoms. The topological polar surface area (TPSA) is 37.0 Å². The van der Waals surface area contributed by atoms with Crippen molar-refractivity contribution in [3.63, 3.8) is 0 Å². The number of pyridine rings is 1. The monoisotopic (exact) mass is 327 g/mol. The third-order valence-corrected chi connectivity index (χ3v) is 3.87. The molecule has 2 N–H and O–H groups in total. The van der Waals surface area contributed by atoms with E-state index < -0.39 is 0 Å². The zero-order valence-electron chi connectivity index (χ0n) is 11.0. The molecule has 0 fully saturated rings. The molecule has 0 spiro atoms. The Hall–Kier alpha value is -2.07. The van der Waals surface area contributed by atoms with Gasteiger partial charge in [-0.25, -0.2) is 0 Å². The zero-order valence-corrected chi connectivity index (χ0v) is 12.6. The van der Waals surface area contributed by atoms with Gasteiger partial charge in [-0.1, -0.05) is 40.2 Å². The Balaban J connectivity index is 2.04. The second kappa shape index (κ2) is 5.51. The molecule has 0 radical (unpaired) electrons. The summed E-state index contributed by atoms with van der Waals surface area (Å²) in [6, 6.07) is 14.5. The number of nitrogens with one attached hydrogen (secondary N) is 2. The van der Waals surface area contributed by atoms with Gasteiger partial charge >= 0.3 is 0 Å². The van der Waals surface area contributed by atoms with Gasteiger partial charge in [0.05, 0.1) is 23.8 Å². The quantitative estimate of drug-likeness (QED) is 0.726. The van der Waals surface area contributed by atoms with Crippen LogP contribution in [0.3, 0.4) is 0 Å². The molecule has 1 aromatic heterocycles.